The van der Waals surface area contributed by atoms with Gasteiger partial charge in [0.05, 0.1) is 7.11 Å². The van der Waals surface area contributed by atoms with Crippen molar-refractivity contribution in [2.45, 2.75) is 19.9 Å². The molecule has 1 heterocycles. The van der Waals surface area contributed by atoms with Gasteiger partial charge in [-0.3, -0.25) is 9.78 Å². The molecule has 0 radical (unpaired) electrons. The minimum Gasteiger partial charge on any atom is -0.496 e. The maximum absolute atomic E-state index is 11.0. The van der Waals surface area contributed by atoms with E-state index in [1.165, 1.54) is 0 Å². The number of carbonyl (C=O) groups excluding carboxylic acids is 1. The summed E-state index contributed by atoms with van der Waals surface area (Å²) in [6.45, 7) is 2.28. The number of aromatic nitrogens is 1. The van der Waals surface area contributed by atoms with Crippen LogP contribution in [-0.4, -0.2) is 18.0 Å². The maximum atomic E-state index is 11.0. The Morgan fingerprint density at radius 3 is 3.07 bits per heavy atom. The second-order valence-electron chi connectivity index (χ2n) is 2.82. The molecule has 4 nitrogen and oxygen atoms in total. The summed E-state index contributed by atoms with van der Waals surface area (Å²) in [6, 6.07) is 1.77. The van der Waals surface area contributed by atoms with Crippen molar-refractivity contribution in [3.8, 4) is 5.75 Å². The second-order valence-corrected chi connectivity index (χ2v) is 2.82. The minimum absolute atomic E-state index is 0.0240. The Kier molecular flexibility index (Phi) is 3.91. The highest BCUT2D eigenvalue weighted by Crippen LogP contribution is 2.14. The van der Waals surface area contributed by atoms with Crippen molar-refractivity contribution in [3.05, 3.63) is 24.0 Å². The number of ether oxygens (including phenoxy) is 1. The summed E-state index contributed by atoms with van der Waals surface area (Å²) in [4.78, 5) is 15.0. The average molecular weight is 194 g/mol. The van der Waals surface area contributed by atoms with E-state index in [2.05, 4.69) is 10.3 Å². The van der Waals surface area contributed by atoms with E-state index in [0.717, 1.165) is 11.3 Å². The number of nitrogens with zero attached hydrogens (tertiary/aromatic N) is 1. The van der Waals surface area contributed by atoms with Crippen LogP contribution in [0.1, 0.15) is 18.9 Å². The molecule has 1 aromatic heterocycles. The Labute approximate surface area is 83.3 Å². The standard InChI is InChI=1S/C10H14N2O2/c1-3-10(13)12-7-8-6-11-5-4-9(8)14-2/h4-6H,3,7H2,1-2H3,(H,12,13). The Morgan fingerprint density at radius 2 is 2.43 bits per heavy atom. The van der Waals surface area contributed by atoms with Crippen LogP contribution in [0.5, 0.6) is 5.75 Å². The van der Waals surface area contributed by atoms with Crippen molar-refractivity contribution in [2.75, 3.05) is 7.11 Å². The van der Waals surface area contributed by atoms with Gasteiger partial charge < -0.3 is 10.1 Å². The summed E-state index contributed by atoms with van der Waals surface area (Å²) in [5.41, 5.74) is 0.886. The molecule has 1 rings (SSSR count). The molecule has 0 unspecified atom stereocenters. The lowest BCUT2D eigenvalue weighted by Crippen LogP contribution is -2.21. The third kappa shape index (κ3) is 2.73. The maximum Gasteiger partial charge on any atom is 0.219 e. The van der Waals surface area contributed by atoms with Crippen LogP contribution >= 0.6 is 0 Å². The van der Waals surface area contributed by atoms with Crippen molar-refractivity contribution < 1.29 is 9.53 Å². The SMILES string of the molecule is CCC(=O)NCc1cnccc1OC. The van der Waals surface area contributed by atoms with Gasteiger partial charge in [-0.1, -0.05) is 6.92 Å². The van der Waals surface area contributed by atoms with Gasteiger partial charge in [-0.25, -0.2) is 0 Å². The first kappa shape index (κ1) is 10.5. The number of hydrogen-bond donors (Lipinski definition) is 1. The monoisotopic (exact) mass is 194 g/mol. The van der Waals surface area contributed by atoms with Crippen molar-refractivity contribution >= 4 is 5.91 Å². The second kappa shape index (κ2) is 5.21. The van der Waals surface area contributed by atoms with Crippen LogP contribution in [0.15, 0.2) is 18.5 Å². The Morgan fingerprint density at radius 1 is 1.64 bits per heavy atom. The topological polar surface area (TPSA) is 51.2 Å². The lowest BCUT2D eigenvalue weighted by atomic mass is 10.2. The van der Waals surface area contributed by atoms with Gasteiger partial charge in [-0.05, 0) is 6.07 Å². The summed E-state index contributed by atoms with van der Waals surface area (Å²) in [7, 11) is 1.60. The predicted molar refractivity (Wildman–Crippen MR) is 52.9 cm³/mol. The lowest BCUT2D eigenvalue weighted by Gasteiger charge is -2.07. The molecule has 0 bridgehead atoms. The van der Waals surface area contributed by atoms with E-state index >= 15 is 0 Å². The largest absolute Gasteiger partial charge is 0.496 e. The van der Waals surface area contributed by atoms with Crippen LogP contribution in [-0.2, 0) is 11.3 Å². The summed E-state index contributed by atoms with van der Waals surface area (Å²) < 4.78 is 5.12. The third-order valence-corrected chi connectivity index (χ3v) is 1.88. The number of carbonyl (C=O) groups is 1. The van der Waals surface area contributed by atoms with Crippen LogP contribution < -0.4 is 10.1 Å². The molecule has 76 valence electrons. The van der Waals surface area contributed by atoms with Gasteiger partial charge >= 0.3 is 0 Å². The molecular formula is C10H14N2O2. The van der Waals surface area contributed by atoms with Gasteiger partial charge in [0.2, 0.25) is 5.91 Å². The van der Waals surface area contributed by atoms with Crippen LogP contribution in [0.3, 0.4) is 0 Å². The molecule has 0 atom stereocenters. The van der Waals surface area contributed by atoms with Crippen LogP contribution in [0, 0.1) is 0 Å². The lowest BCUT2D eigenvalue weighted by molar-refractivity contribution is -0.120. The Hall–Kier alpha value is -1.58. The normalized spacial score (nSPS) is 9.57. The van der Waals surface area contributed by atoms with Crippen LogP contribution in [0.25, 0.3) is 0 Å². The van der Waals surface area contributed by atoms with Gasteiger partial charge in [0.1, 0.15) is 5.75 Å². The molecule has 0 saturated carbocycles. The average Bonchev–Trinajstić information content (AvgIpc) is 2.26. The molecule has 0 aliphatic heterocycles. The quantitative estimate of drug-likeness (QED) is 0.781. The number of nitrogens with one attached hydrogen (secondary N) is 1. The molecule has 0 fully saturated rings. The highest BCUT2D eigenvalue weighted by molar-refractivity contribution is 5.75. The van der Waals surface area contributed by atoms with Crippen LogP contribution in [0.4, 0.5) is 0 Å². The number of rotatable bonds is 4. The van der Waals surface area contributed by atoms with Gasteiger partial charge in [-0.2, -0.15) is 0 Å². The van der Waals surface area contributed by atoms with Gasteiger partial charge in [0.15, 0.2) is 0 Å². The fraction of sp³-hybridized carbons (Fsp3) is 0.400. The molecule has 0 saturated heterocycles. The fourth-order valence-electron chi connectivity index (χ4n) is 1.07. The Bertz CT molecular complexity index is 313. The first-order valence-corrected chi connectivity index (χ1v) is 4.51. The van der Waals surface area contributed by atoms with Gasteiger partial charge in [-0.15, -0.1) is 0 Å². The molecule has 0 spiro atoms. The molecule has 0 aromatic carbocycles. The van der Waals surface area contributed by atoms with Gasteiger partial charge in [0, 0.05) is 30.9 Å². The zero-order valence-electron chi connectivity index (χ0n) is 8.41. The molecule has 14 heavy (non-hydrogen) atoms. The first-order valence-electron chi connectivity index (χ1n) is 4.51. The van der Waals surface area contributed by atoms with Crippen molar-refractivity contribution in [2.24, 2.45) is 0 Å². The fourth-order valence-corrected chi connectivity index (χ4v) is 1.07. The van der Waals surface area contributed by atoms with Crippen molar-refractivity contribution in [1.29, 1.82) is 0 Å². The highest BCUT2D eigenvalue weighted by atomic mass is 16.5. The first-order chi connectivity index (χ1) is 6.77. The number of hydrogen-bond acceptors (Lipinski definition) is 3. The highest BCUT2D eigenvalue weighted by Gasteiger charge is 2.03. The molecule has 4 heteroatoms. The molecule has 1 N–H and O–H groups in total. The molecule has 1 aromatic rings. The molecule has 0 aliphatic rings. The smallest absolute Gasteiger partial charge is 0.219 e. The predicted octanol–water partition coefficient (Wildman–Crippen LogP) is 1.12. The van der Waals surface area contributed by atoms with E-state index in [4.69, 9.17) is 4.74 Å². The summed E-state index contributed by atoms with van der Waals surface area (Å²) >= 11 is 0. The van der Waals surface area contributed by atoms with E-state index in [-0.39, 0.29) is 5.91 Å². The number of amides is 1. The van der Waals surface area contributed by atoms with E-state index in [1.54, 1.807) is 25.6 Å². The van der Waals surface area contributed by atoms with Crippen molar-refractivity contribution in [1.82, 2.24) is 10.3 Å². The van der Waals surface area contributed by atoms with Crippen LogP contribution in [0.2, 0.25) is 0 Å². The molecule has 1 amide bonds. The van der Waals surface area contributed by atoms with E-state index in [1.807, 2.05) is 6.92 Å². The van der Waals surface area contributed by atoms with Gasteiger partial charge in [0.25, 0.3) is 0 Å². The van der Waals surface area contributed by atoms with E-state index < -0.39 is 0 Å². The van der Waals surface area contributed by atoms with E-state index in [9.17, 15) is 4.79 Å². The zero-order chi connectivity index (χ0) is 10.4. The minimum atomic E-state index is 0.0240. The third-order valence-electron chi connectivity index (χ3n) is 1.88. The summed E-state index contributed by atoms with van der Waals surface area (Å²) in [5.74, 6) is 0.771. The summed E-state index contributed by atoms with van der Waals surface area (Å²) in [6.07, 6.45) is 3.83. The zero-order valence-corrected chi connectivity index (χ0v) is 8.41. The van der Waals surface area contributed by atoms with Crippen molar-refractivity contribution in [3.63, 3.8) is 0 Å². The summed E-state index contributed by atoms with van der Waals surface area (Å²) in [5, 5.41) is 2.76. The molecular weight excluding hydrogens is 180 g/mol. The number of pyridine rings is 1. The Balaban J connectivity index is 2.61. The molecule has 0 aliphatic carbocycles. The number of methoxy groups -OCH3 is 1. The van der Waals surface area contributed by atoms with E-state index in [0.29, 0.717) is 13.0 Å².